The van der Waals surface area contributed by atoms with Crippen molar-refractivity contribution in [3.05, 3.63) is 177 Å². The van der Waals surface area contributed by atoms with Gasteiger partial charge in [-0.3, -0.25) is 19.2 Å². The fraction of sp³-hybridized carbons (Fsp3) is 0.353. The summed E-state index contributed by atoms with van der Waals surface area (Å²) in [4.78, 5) is 77.3. The lowest BCUT2D eigenvalue weighted by atomic mass is 10.0. The van der Waals surface area contributed by atoms with Crippen molar-refractivity contribution in [3.8, 4) is 0 Å². The molecule has 0 spiro atoms. The van der Waals surface area contributed by atoms with E-state index in [0.29, 0.717) is 44.3 Å². The molecule has 87 heavy (non-hydrogen) atoms. The van der Waals surface area contributed by atoms with E-state index >= 15 is 0 Å². The number of nitrogens with one attached hydrogen (secondary N) is 8. The Hall–Kier alpha value is -9.04. The molecule has 2 aliphatic heterocycles. The summed E-state index contributed by atoms with van der Waals surface area (Å²) in [5.74, 6) is -3.75. The Balaban J connectivity index is 1.18. The third kappa shape index (κ3) is 11.9. The second-order valence-electron chi connectivity index (χ2n) is 23.7. The first kappa shape index (κ1) is 61.1. The lowest BCUT2D eigenvalue weighted by Gasteiger charge is -2.21. The lowest BCUT2D eigenvalue weighted by Crippen LogP contribution is -2.17. The number of carboxylic acid groups (broad SMARTS) is 4. The van der Waals surface area contributed by atoms with Crippen molar-refractivity contribution in [3.63, 3.8) is 0 Å². The van der Waals surface area contributed by atoms with Gasteiger partial charge in [-0.1, -0.05) is 0 Å². The molecule has 0 amide bonds. The average molecular weight is 1180 g/mol. The first-order valence-electron chi connectivity index (χ1n) is 29.6. The number of fused-ring (bicyclic) bond motifs is 16. The van der Waals surface area contributed by atoms with Gasteiger partial charge in [-0.05, 0) is 224 Å². The summed E-state index contributed by atoms with van der Waals surface area (Å²) in [6.07, 6.45) is 13.5. The maximum absolute atomic E-state index is 12.2. The number of aliphatic carboxylic acids is 4. The number of aromatic amines is 8. The molecule has 4 atom stereocenters. The van der Waals surface area contributed by atoms with Crippen molar-refractivity contribution >= 4 is 72.5 Å². The fourth-order valence-electron chi connectivity index (χ4n) is 13.4. The first-order valence-corrected chi connectivity index (χ1v) is 29.6. The highest BCUT2D eigenvalue weighted by Gasteiger charge is 2.27. The van der Waals surface area contributed by atoms with Crippen LogP contribution in [0.2, 0.25) is 0 Å². The summed E-state index contributed by atoms with van der Waals surface area (Å²) < 4.78 is 7.31. The Morgan fingerprint density at radius 1 is 0.322 bits per heavy atom. The van der Waals surface area contributed by atoms with Crippen LogP contribution in [0.5, 0.6) is 0 Å². The highest BCUT2D eigenvalue weighted by atomic mass is 16.5. The van der Waals surface area contributed by atoms with Crippen LogP contribution in [0.25, 0.3) is 48.6 Å². The molecular weight excluding hydrogens is 1100 g/mol. The molecule has 8 aromatic rings. The van der Waals surface area contributed by atoms with Crippen LogP contribution < -0.4 is 42.8 Å². The van der Waals surface area contributed by atoms with Gasteiger partial charge < -0.3 is 75.2 Å². The smallest absolute Gasteiger partial charge is 0.303 e. The van der Waals surface area contributed by atoms with Gasteiger partial charge in [0.2, 0.25) is 0 Å². The lowest BCUT2D eigenvalue weighted by molar-refractivity contribution is -0.138. The van der Waals surface area contributed by atoms with Gasteiger partial charge in [-0.15, -0.1) is 0 Å². The summed E-state index contributed by atoms with van der Waals surface area (Å²) in [6.45, 7) is 23.3. The standard InChI is InChI=1S/C68H78N8O11/c1-29-41(13-17-61(79)80)53-27-54-42(14-18-62(81)82)31(3)47(71-54)24-58-66(38(10)78)34(6)52(74-58)26-60-68(35(7)50(75-60)21-45(29)69-53)40(12)87-39(11)67-36(8)51-22-49-33(5)65(37(9)77)57(73-49)23-46-30(2)43(15-19-63(83)84)55(70-46)28-56-44(16-20-64(85)86)32(4)48(72-56)25-59(67)76-51/h21-28,37-40,69-78H,13-20H2,1-12H3,(H,79,80)(H,81,82)(H,83,84)(H,85,86). The quantitative estimate of drug-likeness (QED) is 0.0539. The third-order valence-electron chi connectivity index (χ3n) is 18.0. The average Bonchev–Trinajstić information content (AvgIpc) is 1.70. The summed E-state index contributed by atoms with van der Waals surface area (Å²) in [6, 6.07) is 0. The number of H-pyrrole nitrogens is 8. The van der Waals surface area contributed by atoms with Crippen LogP contribution in [0.1, 0.15) is 212 Å². The van der Waals surface area contributed by atoms with Gasteiger partial charge in [0, 0.05) is 136 Å². The van der Waals surface area contributed by atoms with Gasteiger partial charge in [0.05, 0.1) is 24.4 Å². The molecule has 0 fully saturated rings. The Morgan fingerprint density at radius 3 is 1.02 bits per heavy atom. The van der Waals surface area contributed by atoms with Crippen molar-refractivity contribution in [2.24, 2.45) is 0 Å². The van der Waals surface area contributed by atoms with Crippen molar-refractivity contribution in [1.29, 1.82) is 0 Å². The zero-order chi connectivity index (χ0) is 62.8. The van der Waals surface area contributed by atoms with Gasteiger partial charge in [-0.2, -0.15) is 0 Å². The Kier molecular flexibility index (Phi) is 16.9. The molecule has 456 valence electrons. The van der Waals surface area contributed by atoms with E-state index in [9.17, 15) is 49.8 Å². The molecule has 10 heterocycles. The van der Waals surface area contributed by atoms with Gasteiger partial charge >= 0.3 is 23.9 Å². The second-order valence-corrected chi connectivity index (χ2v) is 23.7. The molecular formula is C68H78N8O11. The van der Waals surface area contributed by atoms with Gasteiger partial charge in [0.15, 0.2) is 0 Å². The van der Waals surface area contributed by atoms with Crippen LogP contribution in [0.3, 0.4) is 0 Å². The van der Waals surface area contributed by atoms with E-state index in [1.807, 2.05) is 118 Å². The number of rotatable bonds is 18. The molecule has 0 aliphatic carbocycles. The molecule has 0 aromatic carbocycles. The minimum Gasteiger partial charge on any atom is -0.481 e. The predicted octanol–water partition coefficient (Wildman–Crippen LogP) is 5.05. The zero-order valence-electron chi connectivity index (χ0n) is 51.3. The second kappa shape index (κ2) is 24.0. The van der Waals surface area contributed by atoms with Crippen LogP contribution in [0.15, 0.2) is 0 Å². The largest absolute Gasteiger partial charge is 0.481 e. The zero-order valence-corrected chi connectivity index (χ0v) is 51.3. The molecule has 8 aromatic heterocycles. The molecule has 16 bridgehead atoms. The topological polar surface area (TPSA) is 325 Å². The van der Waals surface area contributed by atoms with E-state index in [1.165, 1.54) is 0 Å². The number of hydrogen-bond donors (Lipinski definition) is 14. The van der Waals surface area contributed by atoms with E-state index < -0.39 is 48.3 Å². The van der Waals surface area contributed by atoms with Crippen molar-refractivity contribution in [2.45, 2.75) is 159 Å². The maximum atomic E-state index is 12.2. The van der Waals surface area contributed by atoms with Crippen molar-refractivity contribution in [1.82, 2.24) is 39.9 Å². The number of aliphatic hydroxyl groups is 2. The number of aliphatic hydroxyl groups excluding tert-OH is 2. The van der Waals surface area contributed by atoms with E-state index in [-0.39, 0.29) is 51.4 Å². The van der Waals surface area contributed by atoms with Crippen molar-refractivity contribution in [2.75, 3.05) is 0 Å². The molecule has 19 heteroatoms. The summed E-state index contributed by atoms with van der Waals surface area (Å²) in [5, 5.41) is 68.1. The highest BCUT2D eigenvalue weighted by Crippen LogP contribution is 2.34. The molecule has 0 saturated heterocycles. The van der Waals surface area contributed by atoms with E-state index in [0.717, 1.165) is 133 Å². The van der Waals surface area contributed by atoms with Gasteiger partial charge in [0.25, 0.3) is 0 Å². The third-order valence-corrected chi connectivity index (χ3v) is 18.0. The molecule has 10 rings (SSSR count). The molecule has 0 saturated carbocycles. The van der Waals surface area contributed by atoms with Crippen LogP contribution in [0, 0.1) is 55.4 Å². The number of carboxylic acids is 4. The Bertz CT molecular complexity index is 4670. The monoisotopic (exact) mass is 1180 g/mol. The Labute approximate surface area is 501 Å². The Morgan fingerprint density at radius 2 is 0.609 bits per heavy atom. The first-order chi connectivity index (χ1) is 41.2. The SMILES string of the molecule is Cc1c2[nH]c(c1CCC(=O)O)C=c1[nH]c(c(C)c1CCC(=O)O)=Cc1[nH]c(c(C(C)OC(C)c3c(C)c4[nH]c3=Cc3[nH]c(c(CCC(=O)O)c3C)C=c3[nH]c(c(C)c3CCC(=O)O)=Cc3[nH]c(c(C)c3C(C)O)C=4)c1C)C=c1[nH]c(c(C(C)O)c1C)=C2. The molecule has 0 radical (unpaired) electrons. The molecule has 14 N–H and O–H groups in total. The molecule has 4 unspecified atom stereocenters. The fourth-order valence-corrected chi connectivity index (χ4v) is 13.4. The van der Waals surface area contributed by atoms with Gasteiger partial charge in [-0.25, -0.2) is 0 Å². The predicted molar refractivity (Wildman–Crippen MR) is 333 cm³/mol. The molecule has 2 aliphatic rings. The van der Waals surface area contributed by atoms with Gasteiger partial charge in [0.1, 0.15) is 0 Å². The van der Waals surface area contributed by atoms with Crippen LogP contribution >= 0.6 is 0 Å². The summed E-state index contributed by atoms with van der Waals surface area (Å²) in [7, 11) is 0. The van der Waals surface area contributed by atoms with Crippen LogP contribution in [-0.4, -0.2) is 94.4 Å². The number of aromatic nitrogens is 8. The maximum Gasteiger partial charge on any atom is 0.303 e. The van der Waals surface area contributed by atoms with Crippen LogP contribution in [-0.2, 0) is 49.6 Å². The number of hydrogen-bond acceptors (Lipinski definition) is 7. The van der Waals surface area contributed by atoms with E-state index in [1.54, 1.807) is 13.8 Å². The number of carbonyl (C=O) groups is 4. The summed E-state index contributed by atoms with van der Waals surface area (Å²) in [5.41, 5.74) is 19.0. The van der Waals surface area contributed by atoms with E-state index in [4.69, 9.17) is 4.74 Å². The van der Waals surface area contributed by atoms with E-state index in [2.05, 4.69) is 39.9 Å². The summed E-state index contributed by atoms with van der Waals surface area (Å²) >= 11 is 0. The highest BCUT2D eigenvalue weighted by molar-refractivity contribution is 5.72. The minimum absolute atomic E-state index is 0.100. The van der Waals surface area contributed by atoms with Crippen LogP contribution in [0.4, 0.5) is 0 Å². The minimum atomic E-state index is -0.942. The van der Waals surface area contributed by atoms with Crippen molar-refractivity contribution < 1.29 is 54.6 Å². The number of ether oxygens (including phenoxy) is 1. The molecule has 19 nitrogen and oxygen atoms in total. The normalized spacial score (nSPS) is 14.0.